The summed E-state index contributed by atoms with van der Waals surface area (Å²) >= 11 is 11.6. The SMILES string of the molecule is O=[N+]([O-])c1ccc(Oc2ccc(F)cc2CCl)c(Cl)c1. The van der Waals surface area contributed by atoms with Crippen molar-refractivity contribution in [1.29, 1.82) is 0 Å². The maximum atomic E-state index is 13.1. The second-order valence-corrected chi connectivity index (χ2v) is 4.53. The lowest BCUT2D eigenvalue weighted by Crippen LogP contribution is -1.93. The van der Waals surface area contributed by atoms with Crippen molar-refractivity contribution in [3.05, 3.63) is 62.9 Å². The Bertz CT molecular complexity index is 664. The Balaban J connectivity index is 2.33. The Kier molecular flexibility index (Phi) is 4.42. The van der Waals surface area contributed by atoms with Crippen LogP contribution >= 0.6 is 23.2 Å². The zero-order valence-corrected chi connectivity index (χ0v) is 11.5. The van der Waals surface area contributed by atoms with Crippen LogP contribution in [0.2, 0.25) is 5.02 Å². The van der Waals surface area contributed by atoms with Gasteiger partial charge in [0.1, 0.15) is 17.3 Å². The van der Waals surface area contributed by atoms with Gasteiger partial charge in [0, 0.05) is 17.7 Å². The summed E-state index contributed by atoms with van der Waals surface area (Å²) in [4.78, 5) is 10.0. The molecule has 104 valence electrons. The van der Waals surface area contributed by atoms with Crippen LogP contribution in [-0.2, 0) is 5.88 Å². The van der Waals surface area contributed by atoms with Gasteiger partial charge in [0.15, 0.2) is 0 Å². The fraction of sp³-hybridized carbons (Fsp3) is 0.0769. The maximum absolute atomic E-state index is 13.1. The molecule has 2 aromatic carbocycles. The number of nitro benzene ring substituents is 1. The fourth-order valence-electron chi connectivity index (χ4n) is 1.56. The van der Waals surface area contributed by atoms with Gasteiger partial charge in [-0.25, -0.2) is 4.39 Å². The molecular formula is C13H8Cl2FNO3. The first-order valence-electron chi connectivity index (χ1n) is 5.47. The molecule has 0 bridgehead atoms. The van der Waals surface area contributed by atoms with E-state index in [9.17, 15) is 14.5 Å². The van der Waals surface area contributed by atoms with E-state index < -0.39 is 10.7 Å². The van der Waals surface area contributed by atoms with Gasteiger partial charge in [-0.2, -0.15) is 0 Å². The van der Waals surface area contributed by atoms with Crippen LogP contribution in [0.3, 0.4) is 0 Å². The van der Waals surface area contributed by atoms with E-state index in [2.05, 4.69) is 0 Å². The number of ether oxygens (including phenoxy) is 1. The molecule has 0 radical (unpaired) electrons. The third kappa shape index (κ3) is 3.18. The van der Waals surface area contributed by atoms with Gasteiger partial charge < -0.3 is 4.74 Å². The van der Waals surface area contributed by atoms with Crippen molar-refractivity contribution in [3.8, 4) is 11.5 Å². The molecule has 0 heterocycles. The number of benzene rings is 2. The molecule has 0 spiro atoms. The molecule has 0 aliphatic carbocycles. The molecule has 0 aliphatic heterocycles. The fourth-order valence-corrected chi connectivity index (χ4v) is 1.98. The first-order valence-corrected chi connectivity index (χ1v) is 6.38. The van der Waals surface area contributed by atoms with E-state index in [-0.39, 0.29) is 22.3 Å². The molecule has 7 heteroatoms. The van der Waals surface area contributed by atoms with Gasteiger partial charge in [-0.15, -0.1) is 11.6 Å². The van der Waals surface area contributed by atoms with Gasteiger partial charge in [-0.05, 0) is 24.3 Å². The average molecular weight is 316 g/mol. The predicted octanol–water partition coefficient (Wildman–Crippen LogP) is 4.92. The lowest BCUT2D eigenvalue weighted by Gasteiger charge is -2.10. The minimum absolute atomic E-state index is 0.0672. The number of nitro groups is 1. The quantitative estimate of drug-likeness (QED) is 0.457. The van der Waals surface area contributed by atoms with Crippen molar-refractivity contribution in [2.24, 2.45) is 0 Å². The molecule has 0 unspecified atom stereocenters. The molecule has 0 saturated carbocycles. The second-order valence-electron chi connectivity index (χ2n) is 3.86. The summed E-state index contributed by atoms with van der Waals surface area (Å²) in [7, 11) is 0. The molecule has 0 aromatic heterocycles. The second kappa shape index (κ2) is 6.07. The third-order valence-electron chi connectivity index (χ3n) is 2.51. The highest BCUT2D eigenvalue weighted by atomic mass is 35.5. The molecule has 0 amide bonds. The van der Waals surface area contributed by atoms with E-state index >= 15 is 0 Å². The number of alkyl halides is 1. The highest BCUT2D eigenvalue weighted by Gasteiger charge is 2.12. The molecule has 0 atom stereocenters. The third-order valence-corrected chi connectivity index (χ3v) is 3.10. The van der Waals surface area contributed by atoms with Crippen LogP contribution in [0.1, 0.15) is 5.56 Å². The van der Waals surface area contributed by atoms with E-state index in [4.69, 9.17) is 27.9 Å². The number of hydrogen-bond acceptors (Lipinski definition) is 3. The van der Waals surface area contributed by atoms with Gasteiger partial charge in [0.25, 0.3) is 5.69 Å². The smallest absolute Gasteiger partial charge is 0.271 e. The van der Waals surface area contributed by atoms with Crippen LogP contribution in [0, 0.1) is 15.9 Å². The molecule has 20 heavy (non-hydrogen) atoms. The lowest BCUT2D eigenvalue weighted by molar-refractivity contribution is -0.384. The summed E-state index contributed by atoms with van der Waals surface area (Å²) < 4.78 is 18.6. The van der Waals surface area contributed by atoms with Crippen molar-refractivity contribution < 1.29 is 14.1 Å². The van der Waals surface area contributed by atoms with E-state index in [0.29, 0.717) is 11.3 Å². The van der Waals surface area contributed by atoms with Gasteiger partial charge in [0.05, 0.1) is 15.8 Å². The van der Waals surface area contributed by atoms with Crippen molar-refractivity contribution in [1.82, 2.24) is 0 Å². The number of non-ortho nitro benzene ring substituents is 1. The minimum atomic E-state index is -0.558. The number of nitrogens with zero attached hydrogens (tertiary/aromatic N) is 1. The first-order chi connectivity index (χ1) is 9.51. The number of halogens is 3. The maximum Gasteiger partial charge on any atom is 0.271 e. The van der Waals surface area contributed by atoms with Crippen LogP contribution in [0.25, 0.3) is 0 Å². The largest absolute Gasteiger partial charge is 0.455 e. The standard InChI is InChI=1S/C13H8Cl2FNO3/c14-7-8-5-9(16)1-3-12(8)20-13-4-2-10(17(18)19)6-11(13)15/h1-6H,7H2. The van der Waals surface area contributed by atoms with Crippen molar-refractivity contribution in [3.63, 3.8) is 0 Å². The van der Waals surface area contributed by atoms with Gasteiger partial charge >= 0.3 is 0 Å². The molecule has 0 N–H and O–H groups in total. The normalized spacial score (nSPS) is 10.3. The minimum Gasteiger partial charge on any atom is -0.455 e. The number of hydrogen-bond donors (Lipinski definition) is 0. The van der Waals surface area contributed by atoms with Crippen molar-refractivity contribution in [2.45, 2.75) is 5.88 Å². The summed E-state index contributed by atoms with van der Waals surface area (Å²) in [5, 5.41) is 10.7. The Morgan fingerprint density at radius 3 is 2.50 bits per heavy atom. The number of rotatable bonds is 4. The van der Waals surface area contributed by atoms with E-state index in [1.807, 2.05) is 0 Å². The monoisotopic (exact) mass is 315 g/mol. The van der Waals surface area contributed by atoms with Gasteiger partial charge in [-0.3, -0.25) is 10.1 Å². The van der Waals surface area contributed by atoms with Gasteiger partial charge in [0.2, 0.25) is 0 Å². The van der Waals surface area contributed by atoms with Crippen molar-refractivity contribution in [2.75, 3.05) is 0 Å². The Labute approximate surface area is 123 Å². The molecule has 0 fully saturated rings. The zero-order valence-electron chi connectivity index (χ0n) is 9.98. The summed E-state index contributed by atoms with van der Waals surface area (Å²) in [6, 6.07) is 7.73. The van der Waals surface area contributed by atoms with Crippen molar-refractivity contribution >= 4 is 28.9 Å². The molecule has 4 nitrogen and oxygen atoms in total. The van der Waals surface area contributed by atoms with E-state index in [0.717, 1.165) is 0 Å². The van der Waals surface area contributed by atoms with Gasteiger partial charge in [-0.1, -0.05) is 11.6 Å². The highest BCUT2D eigenvalue weighted by Crippen LogP contribution is 2.34. The topological polar surface area (TPSA) is 52.4 Å². The summed E-state index contributed by atoms with van der Waals surface area (Å²) in [5.41, 5.74) is 0.320. The van der Waals surface area contributed by atoms with Crippen LogP contribution < -0.4 is 4.74 Å². The lowest BCUT2D eigenvalue weighted by atomic mass is 10.2. The molecule has 0 saturated heterocycles. The first kappa shape index (κ1) is 14.6. The molecule has 2 rings (SSSR count). The molecular weight excluding hydrogens is 308 g/mol. The van der Waals surface area contributed by atoms with E-state index in [1.165, 1.54) is 36.4 Å². The van der Waals surface area contributed by atoms with Crippen LogP contribution in [0.15, 0.2) is 36.4 Å². The summed E-state index contributed by atoms with van der Waals surface area (Å²) in [6.45, 7) is 0. The highest BCUT2D eigenvalue weighted by molar-refractivity contribution is 6.32. The zero-order chi connectivity index (χ0) is 14.7. The molecule has 2 aromatic rings. The van der Waals surface area contributed by atoms with Crippen LogP contribution in [-0.4, -0.2) is 4.92 Å². The van der Waals surface area contributed by atoms with E-state index in [1.54, 1.807) is 0 Å². The predicted molar refractivity (Wildman–Crippen MR) is 74.1 cm³/mol. The molecule has 0 aliphatic rings. The Morgan fingerprint density at radius 1 is 1.20 bits per heavy atom. The van der Waals surface area contributed by atoms with Crippen LogP contribution in [0.4, 0.5) is 10.1 Å². The Hall–Kier alpha value is -1.85. The average Bonchev–Trinajstić information content (AvgIpc) is 2.42. The van der Waals surface area contributed by atoms with Crippen LogP contribution in [0.5, 0.6) is 11.5 Å². The summed E-state index contributed by atoms with van der Waals surface area (Å²) in [6.07, 6.45) is 0. The summed E-state index contributed by atoms with van der Waals surface area (Å²) in [5.74, 6) is 0.215. The Morgan fingerprint density at radius 2 is 1.90 bits per heavy atom.